The largest absolute Gasteiger partial charge is 0.356 e. The number of piperidine rings is 1. The van der Waals surface area contributed by atoms with E-state index in [0.717, 1.165) is 38.9 Å². The summed E-state index contributed by atoms with van der Waals surface area (Å²) in [7, 11) is 2.16. The summed E-state index contributed by atoms with van der Waals surface area (Å²) in [6.45, 7) is 7.20. The SMILES string of the molecule is CC(N)CCCC(C)C(=O)NCC1CCN(C)CC1. The molecule has 1 aliphatic rings. The number of hydrogen-bond donors (Lipinski definition) is 2. The monoisotopic (exact) mass is 269 g/mol. The number of nitrogens with one attached hydrogen (secondary N) is 1. The standard InChI is InChI=1S/C15H31N3O/c1-12(5-4-6-13(2)16)15(19)17-11-14-7-9-18(3)10-8-14/h12-14H,4-11,16H2,1-3H3,(H,17,19). The first-order valence-corrected chi connectivity index (χ1v) is 7.71. The Bertz CT molecular complexity index is 260. The minimum Gasteiger partial charge on any atom is -0.356 e. The van der Waals surface area contributed by atoms with E-state index in [2.05, 4.69) is 17.3 Å². The Morgan fingerprint density at radius 3 is 2.53 bits per heavy atom. The van der Waals surface area contributed by atoms with Crippen molar-refractivity contribution in [3.05, 3.63) is 0 Å². The number of nitrogens with zero attached hydrogens (tertiary/aromatic N) is 1. The van der Waals surface area contributed by atoms with E-state index in [1.807, 2.05) is 13.8 Å². The Morgan fingerprint density at radius 2 is 1.95 bits per heavy atom. The van der Waals surface area contributed by atoms with Crippen LogP contribution in [-0.2, 0) is 4.79 Å². The summed E-state index contributed by atoms with van der Waals surface area (Å²) in [5.41, 5.74) is 5.72. The lowest BCUT2D eigenvalue weighted by molar-refractivity contribution is -0.125. The molecule has 19 heavy (non-hydrogen) atoms. The zero-order chi connectivity index (χ0) is 14.3. The van der Waals surface area contributed by atoms with Gasteiger partial charge >= 0.3 is 0 Å². The highest BCUT2D eigenvalue weighted by Gasteiger charge is 2.18. The molecule has 0 aliphatic carbocycles. The van der Waals surface area contributed by atoms with Crippen LogP contribution in [0.1, 0.15) is 46.0 Å². The maximum absolute atomic E-state index is 12.0. The van der Waals surface area contributed by atoms with Gasteiger partial charge in [-0.2, -0.15) is 0 Å². The van der Waals surface area contributed by atoms with Gasteiger partial charge in [0.15, 0.2) is 0 Å². The third-order valence-corrected chi connectivity index (χ3v) is 4.15. The molecule has 3 N–H and O–H groups in total. The molecule has 2 unspecified atom stereocenters. The summed E-state index contributed by atoms with van der Waals surface area (Å²) in [6.07, 6.45) is 5.40. The van der Waals surface area contributed by atoms with Crippen LogP contribution in [0.5, 0.6) is 0 Å². The number of carbonyl (C=O) groups excluding carboxylic acids is 1. The van der Waals surface area contributed by atoms with Crippen LogP contribution in [0.2, 0.25) is 0 Å². The highest BCUT2D eigenvalue weighted by atomic mass is 16.1. The Balaban J connectivity index is 2.12. The topological polar surface area (TPSA) is 58.4 Å². The van der Waals surface area contributed by atoms with E-state index >= 15 is 0 Å². The maximum atomic E-state index is 12.0. The van der Waals surface area contributed by atoms with Gasteiger partial charge in [-0.05, 0) is 58.7 Å². The predicted molar refractivity (Wildman–Crippen MR) is 79.9 cm³/mol. The number of amides is 1. The van der Waals surface area contributed by atoms with Gasteiger partial charge in [0.2, 0.25) is 5.91 Å². The number of rotatable bonds is 7. The predicted octanol–water partition coefficient (Wildman–Crippen LogP) is 1.60. The molecule has 0 spiro atoms. The zero-order valence-corrected chi connectivity index (χ0v) is 12.8. The first kappa shape index (κ1) is 16.4. The molecule has 1 fully saturated rings. The molecule has 4 heteroatoms. The highest BCUT2D eigenvalue weighted by molar-refractivity contribution is 5.78. The Morgan fingerprint density at radius 1 is 1.32 bits per heavy atom. The third kappa shape index (κ3) is 6.92. The van der Waals surface area contributed by atoms with E-state index < -0.39 is 0 Å². The van der Waals surface area contributed by atoms with Gasteiger partial charge in [0.05, 0.1) is 0 Å². The van der Waals surface area contributed by atoms with Crippen molar-refractivity contribution in [3.63, 3.8) is 0 Å². The van der Waals surface area contributed by atoms with Crippen LogP contribution in [0, 0.1) is 11.8 Å². The molecule has 2 atom stereocenters. The second kappa shape index (κ2) is 8.54. The van der Waals surface area contributed by atoms with E-state index in [4.69, 9.17) is 5.73 Å². The fraction of sp³-hybridized carbons (Fsp3) is 0.933. The summed E-state index contributed by atoms with van der Waals surface area (Å²) in [4.78, 5) is 14.3. The van der Waals surface area contributed by atoms with Crippen molar-refractivity contribution < 1.29 is 4.79 Å². The van der Waals surface area contributed by atoms with E-state index in [1.165, 1.54) is 12.8 Å². The van der Waals surface area contributed by atoms with E-state index in [9.17, 15) is 4.79 Å². The Labute approximate surface area is 118 Å². The van der Waals surface area contributed by atoms with Gasteiger partial charge in [0.1, 0.15) is 0 Å². The quantitative estimate of drug-likeness (QED) is 0.738. The second-order valence-corrected chi connectivity index (χ2v) is 6.30. The van der Waals surface area contributed by atoms with Gasteiger partial charge in [-0.3, -0.25) is 4.79 Å². The van der Waals surface area contributed by atoms with Crippen LogP contribution < -0.4 is 11.1 Å². The molecule has 0 aromatic heterocycles. The molecule has 1 amide bonds. The third-order valence-electron chi connectivity index (χ3n) is 4.15. The lowest BCUT2D eigenvalue weighted by Gasteiger charge is -2.29. The lowest BCUT2D eigenvalue weighted by atomic mass is 9.96. The average molecular weight is 269 g/mol. The van der Waals surface area contributed by atoms with Crippen molar-refractivity contribution in [2.75, 3.05) is 26.7 Å². The fourth-order valence-electron chi connectivity index (χ4n) is 2.56. The lowest BCUT2D eigenvalue weighted by Crippen LogP contribution is -2.38. The number of likely N-dealkylation sites (tertiary alicyclic amines) is 1. The first-order valence-electron chi connectivity index (χ1n) is 7.71. The number of nitrogens with two attached hydrogens (primary N) is 1. The Kier molecular flexibility index (Phi) is 7.39. The molecule has 1 saturated heterocycles. The molecular weight excluding hydrogens is 238 g/mol. The van der Waals surface area contributed by atoms with Crippen molar-refractivity contribution in [1.82, 2.24) is 10.2 Å². The molecule has 1 aliphatic heterocycles. The highest BCUT2D eigenvalue weighted by Crippen LogP contribution is 2.15. The van der Waals surface area contributed by atoms with Gasteiger partial charge in [0, 0.05) is 18.5 Å². The van der Waals surface area contributed by atoms with Crippen molar-refractivity contribution in [2.45, 2.75) is 52.0 Å². The van der Waals surface area contributed by atoms with E-state index in [1.54, 1.807) is 0 Å². The number of hydrogen-bond acceptors (Lipinski definition) is 3. The van der Waals surface area contributed by atoms with E-state index in [0.29, 0.717) is 5.92 Å². The summed E-state index contributed by atoms with van der Waals surface area (Å²) in [5, 5.41) is 3.12. The summed E-state index contributed by atoms with van der Waals surface area (Å²) < 4.78 is 0. The summed E-state index contributed by atoms with van der Waals surface area (Å²) in [6, 6.07) is 0.245. The molecule has 0 radical (unpaired) electrons. The van der Waals surface area contributed by atoms with Crippen molar-refractivity contribution in [1.29, 1.82) is 0 Å². The van der Waals surface area contributed by atoms with Crippen LogP contribution in [0.4, 0.5) is 0 Å². The zero-order valence-electron chi connectivity index (χ0n) is 12.8. The molecule has 0 aromatic carbocycles. The van der Waals surface area contributed by atoms with Crippen molar-refractivity contribution in [2.24, 2.45) is 17.6 Å². The summed E-state index contributed by atoms with van der Waals surface area (Å²) in [5.74, 6) is 0.991. The molecule has 0 saturated carbocycles. The molecule has 0 aromatic rings. The maximum Gasteiger partial charge on any atom is 0.222 e. The van der Waals surface area contributed by atoms with Gasteiger partial charge < -0.3 is 16.0 Å². The van der Waals surface area contributed by atoms with Gasteiger partial charge in [-0.15, -0.1) is 0 Å². The van der Waals surface area contributed by atoms with Crippen LogP contribution in [0.15, 0.2) is 0 Å². The van der Waals surface area contributed by atoms with Crippen LogP contribution in [-0.4, -0.2) is 43.5 Å². The average Bonchev–Trinajstić information content (AvgIpc) is 2.37. The first-order chi connectivity index (χ1) is 8.99. The van der Waals surface area contributed by atoms with Crippen LogP contribution in [0.25, 0.3) is 0 Å². The van der Waals surface area contributed by atoms with Crippen molar-refractivity contribution >= 4 is 5.91 Å². The Hall–Kier alpha value is -0.610. The van der Waals surface area contributed by atoms with Crippen LogP contribution >= 0.6 is 0 Å². The molecule has 0 bridgehead atoms. The minimum absolute atomic E-state index is 0.116. The van der Waals surface area contributed by atoms with Gasteiger partial charge in [0.25, 0.3) is 0 Å². The van der Waals surface area contributed by atoms with Gasteiger partial charge in [-0.1, -0.05) is 13.3 Å². The smallest absolute Gasteiger partial charge is 0.222 e. The molecule has 1 rings (SSSR count). The van der Waals surface area contributed by atoms with Crippen molar-refractivity contribution in [3.8, 4) is 0 Å². The fourth-order valence-corrected chi connectivity index (χ4v) is 2.56. The summed E-state index contributed by atoms with van der Waals surface area (Å²) >= 11 is 0. The molecule has 1 heterocycles. The minimum atomic E-state index is 0.116. The number of carbonyl (C=O) groups is 1. The van der Waals surface area contributed by atoms with E-state index in [-0.39, 0.29) is 17.9 Å². The van der Waals surface area contributed by atoms with Crippen LogP contribution in [0.3, 0.4) is 0 Å². The second-order valence-electron chi connectivity index (χ2n) is 6.30. The molecular formula is C15H31N3O. The van der Waals surface area contributed by atoms with Gasteiger partial charge in [-0.25, -0.2) is 0 Å². The molecule has 112 valence electrons. The molecule has 4 nitrogen and oxygen atoms in total. The normalized spacial score (nSPS) is 21.1.